The van der Waals surface area contributed by atoms with E-state index < -0.39 is 0 Å². The topological polar surface area (TPSA) is 64.3 Å². The van der Waals surface area contributed by atoms with Crippen molar-refractivity contribution in [3.8, 4) is 0 Å². The van der Waals surface area contributed by atoms with Crippen LogP contribution >= 0.6 is 0 Å². The fourth-order valence-corrected chi connectivity index (χ4v) is 1.25. The summed E-state index contributed by atoms with van der Waals surface area (Å²) in [4.78, 5) is 11.2. The van der Waals surface area contributed by atoms with Crippen molar-refractivity contribution in [2.45, 2.75) is 44.7 Å². The maximum Gasteiger partial charge on any atom is 0.246 e. The van der Waals surface area contributed by atoms with E-state index in [4.69, 9.17) is 10.5 Å². The van der Waals surface area contributed by atoms with Gasteiger partial charge in [0, 0.05) is 12.1 Å². The SMILES string of the molecule is CCC[C@@H](N)COCC(=O)NC1CC1. The van der Waals surface area contributed by atoms with Gasteiger partial charge in [0.25, 0.3) is 0 Å². The minimum Gasteiger partial charge on any atom is -0.370 e. The van der Waals surface area contributed by atoms with Crippen molar-refractivity contribution in [1.29, 1.82) is 0 Å². The number of amides is 1. The number of hydrogen-bond acceptors (Lipinski definition) is 3. The van der Waals surface area contributed by atoms with Gasteiger partial charge in [-0.3, -0.25) is 4.79 Å². The smallest absolute Gasteiger partial charge is 0.246 e. The van der Waals surface area contributed by atoms with E-state index in [0.29, 0.717) is 12.6 Å². The average Bonchev–Trinajstić information content (AvgIpc) is 2.88. The zero-order valence-corrected chi connectivity index (χ0v) is 8.79. The van der Waals surface area contributed by atoms with Crippen LogP contribution in [0.5, 0.6) is 0 Å². The molecular weight excluding hydrogens is 180 g/mol. The summed E-state index contributed by atoms with van der Waals surface area (Å²) in [5, 5.41) is 2.85. The number of ether oxygens (including phenoxy) is 1. The highest BCUT2D eigenvalue weighted by Gasteiger charge is 2.22. The minimum absolute atomic E-state index is 0.0174. The molecule has 4 nitrogen and oxygen atoms in total. The van der Waals surface area contributed by atoms with E-state index in [2.05, 4.69) is 12.2 Å². The van der Waals surface area contributed by atoms with E-state index in [1.165, 1.54) is 0 Å². The summed E-state index contributed by atoms with van der Waals surface area (Å²) in [6.07, 6.45) is 4.23. The Kier molecular flexibility index (Phi) is 4.90. The molecule has 1 fully saturated rings. The van der Waals surface area contributed by atoms with Gasteiger partial charge in [-0.05, 0) is 19.3 Å². The largest absolute Gasteiger partial charge is 0.370 e. The van der Waals surface area contributed by atoms with Gasteiger partial charge in [0.2, 0.25) is 5.91 Å². The molecule has 3 N–H and O–H groups in total. The van der Waals surface area contributed by atoms with Crippen LogP contribution in [0, 0.1) is 0 Å². The molecular formula is C10H20N2O2. The Hall–Kier alpha value is -0.610. The van der Waals surface area contributed by atoms with Gasteiger partial charge >= 0.3 is 0 Å². The Morgan fingerprint density at radius 1 is 1.64 bits per heavy atom. The summed E-state index contributed by atoms with van der Waals surface area (Å²) in [6.45, 7) is 2.71. The summed E-state index contributed by atoms with van der Waals surface area (Å²) >= 11 is 0. The van der Waals surface area contributed by atoms with Crippen LogP contribution in [0.25, 0.3) is 0 Å². The van der Waals surface area contributed by atoms with Crippen molar-refractivity contribution >= 4 is 5.91 Å². The standard InChI is InChI=1S/C10H20N2O2/c1-2-3-8(11)6-14-7-10(13)12-9-4-5-9/h8-9H,2-7,11H2,1H3,(H,12,13)/t8-/m1/s1. The third-order valence-electron chi connectivity index (χ3n) is 2.17. The van der Waals surface area contributed by atoms with Gasteiger partial charge < -0.3 is 15.8 Å². The molecule has 0 aromatic rings. The third kappa shape index (κ3) is 5.19. The number of nitrogens with two attached hydrogens (primary N) is 1. The highest BCUT2D eigenvalue weighted by Crippen LogP contribution is 2.18. The molecule has 0 radical (unpaired) electrons. The van der Waals surface area contributed by atoms with Gasteiger partial charge in [-0.15, -0.1) is 0 Å². The number of carbonyl (C=O) groups excluding carboxylic acids is 1. The van der Waals surface area contributed by atoms with Gasteiger partial charge in [-0.25, -0.2) is 0 Å². The second-order valence-corrected chi connectivity index (χ2v) is 3.91. The maximum absolute atomic E-state index is 11.2. The fraction of sp³-hybridized carbons (Fsp3) is 0.900. The predicted octanol–water partition coefficient (Wildman–Crippen LogP) is 0.409. The van der Waals surface area contributed by atoms with E-state index in [9.17, 15) is 4.79 Å². The van der Waals surface area contributed by atoms with Gasteiger partial charge in [0.15, 0.2) is 0 Å². The lowest BCUT2D eigenvalue weighted by Gasteiger charge is -2.10. The molecule has 0 unspecified atom stereocenters. The molecule has 0 spiro atoms. The van der Waals surface area contributed by atoms with Crippen LogP contribution in [0.4, 0.5) is 0 Å². The molecule has 0 saturated heterocycles. The predicted molar refractivity (Wildman–Crippen MR) is 54.9 cm³/mol. The molecule has 0 aliphatic heterocycles. The summed E-state index contributed by atoms with van der Waals surface area (Å²) in [5.74, 6) is -0.0174. The maximum atomic E-state index is 11.2. The zero-order chi connectivity index (χ0) is 10.4. The Morgan fingerprint density at radius 3 is 2.93 bits per heavy atom. The lowest BCUT2D eigenvalue weighted by Crippen LogP contribution is -2.32. The summed E-state index contributed by atoms with van der Waals surface area (Å²) in [6, 6.07) is 0.476. The number of carbonyl (C=O) groups is 1. The molecule has 1 saturated carbocycles. The summed E-state index contributed by atoms with van der Waals surface area (Å²) < 4.78 is 5.20. The summed E-state index contributed by atoms with van der Waals surface area (Å²) in [5.41, 5.74) is 5.73. The number of rotatable bonds is 7. The molecule has 0 heterocycles. The summed E-state index contributed by atoms with van der Waals surface area (Å²) in [7, 11) is 0. The first-order valence-corrected chi connectivity index (χ1v) is 5.35. The second kappa shape index (κ2) is 5.98. The molecule has 1 rings (SSSR count). The highest BCUT2D eigenvalue weighted by molar-refractivity contribution is 5.77. The second-order valence-electron chi connectivity index (χ2n) is 3.91. The average molecular weight is 200 g/mol. The minimum atomic E-state index is -0.0174. The van der Waals surface area contributed by atoms with Crippen LogP contribution < -0.4 is 11.1 Å². The molecule has 1 amide bonds. The van der Waals surface area contributed by atoms with Crippen LogP contribution in [-0.2, 0) is 9.53 Å². The highest BCUT2D eigenvalue weighted by atomic mass is 16.5. The van der Waals surface area contributed by atoms with Crippen molar-refractivity contribution in [2.75, 3.05) is 13.2 Å². The van der Waals surface area contributed by atoms with Crippen molar-refractivity contribution in [2.24, 2.45) is 5.73 Å². The molecule has 1 aliphatic rings. The van der Waals surface area contributed by atoms with E-state index in [1.807, 2.05) is 0 Å². The van der Waals surface area contributed by atoms with Crippen LogP contribution in [0.1, 0.15) is 32.6 Å². The van der Waals surface area contributed by atoms with Gasteiger partial charge in [0.05, 0.1) is 6.61 Å². The molecule has 0 aromatic carbocycles. The first-order chi connectivity index (χ1) is 6.72. The fourth-order valence-electron chi connectivity index (χ4n) is 1.25. The van der Waals surface area contributed by atoms with Crippen molar-refractivity contribution in [3.05, 3.63) is 0 Å². The third-order valence-corrected chi connectivity index (χ3v) is 2.17. The van der Waals surface area contributed by atoms with Gasteiger partial charge in [-0.1, -0.05) is 13.3 Å². The Bertz CT molecular complexity index is 181. The first kappa shape index (κ1) is 11.5. The quantitative estimate of drug-likeness (QED) is 0.625. The van der Waals surface area contributed by atoms with Crippen molar-refractivity contribution in [1.82, 2.24) is 5.32 Å². The zero-order valence-electron chi connectivity index (χ0n) is 8.79. The van der Waals surface area contributed by atoms with Crippen LogP contribution in [0.2, 0.25) is 0 Å². The Labute approximate surface area is 85.2 Å². The van der Waals surface area contributed by atoms with Gasteiger partial charge in [0.1, 0.15) is 6.61 Å². The molecule has 4 heteroatoms. The molecule has 1 atom stereocenters. The first-order valence-electron chi connectivity index (χ1n) is 5.35. The lowest BCUT2D eigenvalue weighted by atomic mass is 10.2. The number of nitrogens with one attached hydrogen (secondary N) is 1. The van der Waals surface area contributed by atoms with E-state index in [1.54, 1.807) is 0 Å². The molecule has 14 heavy (non-hydrogen) atoms. The van der Waals surface area contributed by atoms with E-state index in [-0.39, 0.29) is 18.6 Å². The Morgan fingerprint density at radius 2 is 2.36 bits per heavy atom. The van der Waals surface area contributed by atoms with Crippen LogP contribution in [0.3, 0.4) is 0 Å². The van der Waals surface area contributed by atoms with Crippen molar-refractivity contribution < 1.29 is 9.53 Å². The van der Waals surface area contributed by atoms with Crippen LogP contribution in [-0.4, -0.2) is 31.2 Å². The normalized spacial score (nSPS) is 17.9. The number of hydrogen-bond donors (Lipinski definition) is 2. The molecule has 82 valence electrons. The lowest BCUT2D eigenvalue weighted by molar-refractivity contribution is -0.126. The van der Waals surface area contributed by atoms with Crippen molar-refractivity contribution in [3.63, 3.8) is 0 Å². The van der Waals surface area contributed by atoms with E-state index >= 15 is 0 Å². The van der Waals surface area contributed by atoms with Gasteiger partial charge in [-0.2, -0.15) is 0 Å². The van der Waals surface area contributed by atoms with E-state index in [0.717, 1.165) is 25.7 Å². The van der Waals surface area contributed by atoms with Crippen LogP contribution in [0.15, 0.2) is 0 Å². The Balaban J connectivity index is 1.93. The molecule has 0 aromatic heterocycles. The molecule has 1 aliphatic carbocycles. The molecule has 0 bridgehead atoms. The monoisotopic (exact) mass is 200 g/mol.